The number of imide groups is 2. The average Bonchev–Trinajstić information content (AvgIpc) is 2.99. The monoisotopic (exact) mass is 445 g/mol. The van der Waals surface area contributed by atoms with Crippen LogP contribution in [0.2, 0.25) is 0 Å². The van der Waals surface area contributed by atoms with Crippen LogP contribution in [0, 0.1) is 0 Å². The molecule has 0 bridgehead atoms. The number of nitrogens with zero attached hydrogens (tertiary/aromatic N) is 1. The van der Waals surface area contributed by atoms with Crippen LogP contribution in [-0.4, -0.2) is 53.9 Å². The molecular formula is C22H27N3O7. The number of hydrogen-bond acceptors (Lipinski definition) is 7. The van der Waals surface area contributed by atoms with Gasteiger partial charge in [0.05, 0.1) is 24.3 Å². The Morgan fingerprint density at radius 2 is 1.62 bits per heavy atom. The van der Waals surface area contributed by atoms with Crippen molar-refractivity contribution in [1.29, 1.82) is 0 Å². The summed E-state index contributed by atoms with van der Waals surface area (Å²) in [6.07, 6.45) is 5.06. The molecule has 0 radical (unpaired) electrons. The molecule has 3 N–H and O–H groups in total. The van der Waals surface area contributed by atoms with Crippen molar-refractivity contribution in [2.75, 3.05) is 13.2 Å². The molecule has 0 aromatic heterocycles. The normalized spacial score (nSPS) is 17.9. The van der Waals surface area contributed by atoms with Gasteiger partial charge in [-0.1, -0.05) is 25.7 Å². The summed E-state index contributed by atoms with van der Waals surface area (Å²) in [5, 5.41) is 2.18. The van der Waals surface area contributed by atoms with E-state index in [9.17, 15) is 24.0 Å². The van der Waals surface area contributed by atoms with E-state index in [-0.39, 0.29) is 24.0 Å². The maximum absolute atomic E-state index is 12.8. The summed E-state index contributed by atoms with van der Waals surface area (Å²) >= 11 is 0. The molecule has 3 rings (SSSR count). The highest BCUT2D eigenvalue weighted by molar-refractivity contribution is 6.23. The molecule has 10 heteroatoms. The highest BCUT2D eigenvalue weighted by Crippen LogP contribution is 2.30. The molecule has 1 unspecified atom stereocenters. The fourth-order valence-electron chi connectivity index (χ4n) is 3.81. The maximum Gasteiger partial charge on any atom is 0.404 e. The number of carbonyl (C=O) groups is 5. The van der Waals surface area contributed by atoms with Gasteiger partial charge in [-0.2, -0.15) is 0 Å². The van der Waals surface area contributed by atoms with Gasteiger partial charge in [-0.15, -0.1) is 0 Å². The lowest BCUT2D eigenvalue weighted by molar-refractivity contribution is -0.136. The van der Waals surface area contributed by atoms with E-state index in [4.69, 9.17) is 10.5 Å². The first-order chi connectivity index (χ1) is 15.4. The smallest absolute Gasteiger partial charge is 0.404 e. The standard InChI is InChI=1S/C22H27N3O7/c23-22(30)32-12-6-4-2-1-3-5-11-31-14-7-8-15-16(13-14)21(29)25(20(15)28)17-9-10-18(26)24-19(17)27/h7-8,13,17H,1-6,9-12H2,(H2,23,30)(H,24,26,27). The Morgan fingerprint density at radius 1 is 0.969 bits per heavy atom. The van der Waals surface area contributed by atoms with Crippen LogP contribution in [0.3, 0.4) is 0 Å². The molecule has 0 aliphatic carbocycles. The summed E-state index contributed by atoms with van der Waals surface area (Å²) in [6, 6.07) is 3.72. The molecule has 0 spiro atoms. The average molecular weight is 445 g/mol. The van der Waals surface area contributed by atoms with Crippen molar-refractivity contribution in [1.82, 2.24) is 10.2 Å². The molecule has 1 aromatic carbocycles. The Hall–Kier alpha value is -3.43. The minimum Gasteiger partial charge on any atom is -0.494 e. The highest BCUT2D eigenvalue weighted by atomic mass is 16.5. The minimum absolute atomic E-state index is 0.0827. The fraction of sp³-hybridized carbons (Fsp3) is 0.500. The number of fused-ring (bicyclic) bond motifs is 1. The predicted octanol–water partition coefficient (Wildman–Crippen LogP) is 1.90. The van der Waals surface area contributed by atoms with E-state index in [0.717, 1.165) is 43.4 Å². The Kier molecular flexibility index (Phi) is 7.80. The molecule has 1 fully saturated rings. The molecule has 5 amide bonds. The van der Waals surface area contributed by atoms with Crippen molar-refractivity contribution >= 4 is 29.7 Å². The third-order valence-corrected chi connectivity index (χ3v) is 5.46. The fourth-order valence-corrected chi connectivity index (χ4v) is 3.81. The first-order valence-electron chi connectivity index (χ1n) is 10.8. The van der Waals surface area contributed by atoms with Crippen LogP contribution < -0.4 is 15.8 Å². The van der Waals surface area contributed by atoms with Crippen molar-refractivity contribution in [2.45, 2.75) is 57.4 Å². The quantitative estimate of drug-likeness (QED) is 0.391. The first-order valence-corrected chi connectivity index (χ1v) is 10.8. The number of hydrogen-bond donors (Lipinski definition) is 2. The summed E-state index contributed by atoms with van der Waals surface area (Å²) < 4.78 is 10.4. The molecule has 172 valence electrons. The van der Waals surface area contributed by atoms with Gasteiger partial charge in [0.25, 0.3) is 11.8 Å². The Labute approximate surface area is 185 Å². The molecule has 2 heterocycles. The van der Waals surface area contributed by atoms with Crippen LogP contribution in [0.1, 0.15) is 72.1 Å². The van der Waals surface area contributed by atoms with Gasteiger partial charge < -0.3 is 15.2 Å². The number of ether oxygens (including phenoxy) is 2. The van der Waals surface area contributed by atoms with Crippen LogP contribution in [0.4, 0.5) is 4.79 Å². The number of nitrogens with one attached hydrogen (secondary N) is 1. The second-order valence-corrected chi connectivity index (χ2v) is 7.79. The molecule has 1 saturated heterocycles. The zero-order valence-electron chi connectivity index (χ0n) is 17.8. The SMILES string of the molecule is NC(=O)OCCCCCCCCOc1ccc2c(c1)C(=O)N(C1CCC(=O)NC1=O)C2=O. The van der Waals surface area contributed by atoms with Crippen molar-refractivity contribution in [3.05, 3.63) is 29.3 Å². The molecule has 2 aliphatic heterocycles. The summed E-state index contributed by atoms with van der Waals surface area (Å²) in [5.74, 6) is -1.64. The van der Waals surface area contributed by atoms with E-state index in [1.54, 1.807) is 6.07 Å². The van der Waals surface area contributed by atoms with E-state index < -0.39 is 35.8 Å². The van der Waals surface area contributed by atoms with E-state index >= 15 is 0 Å². The number of primary amides is 1. The van der Waals surface area contributed by atoms with Gasteiger partial charge in [0.15, 0.2) is 0 Å². The second-order valence-electron chi connectivity index (χ2n) is 7.79. The molecule has 1 atom stereocenters. The number of benzene rings is 1. The molecular weight excluding hydrogens is 418 g/mol. The van der Waals surface area contributed by atoms with Crippen LogP contribution in [0.25, 0.3) is 0 Å². The van der Waals surface area contributed by atoms with E-state index in [2.05, 4.69) is 10.1 Å². The number of piperidine rings is 1. The van der Waals surface area contributed by atoms with Gasteiger partial charge in [0.1, 0.15) is 11.8 Å². The number of amides is 5. The molecule has 2 aliphatic rings. The lowest BCUT2D eigenvalue weighted by Crippen LogP contribution is -2.54. The molecule has 32 heavy (non-hydrogen) atoms. The lowest BCUT2D eigenvalue weighted by atomic mass is 10.0. The zero-order valence-corrected chi connectivity index (χ0v) is 17.8. The van der Waals surface area contributed by atoms with Crippen molar-refractivity contribution in [2.24, 2.45) is 5.73 Å². The summed E-state index contributed by atoms with van der Waals surface area (Å²) in [4.78, 5) is 60.3. The predicted molar refractivity (Wildman–Crippen MR) is 112 cm³/mol. The van der Waals surface area contributed by atoms with Crippen molar-refractivity contribution in [3.8, 4) is 5.75 Å². The van der Waals surface area contributed by atoms with Gasteiger partial charge in [0.2, 0.25) is 11.8 Å². The third kappa shape index (κ3) is 5.63. The zero-order chi connectivity index (χ0) is 23.1. The molecule has 10 nitrogen and oxygen atoms in total. The van der Waals surface area contributed by atoms with Crippen LogP contribution >= 0.6 is 0 Å². The topological polar surface area (TPSA) is 145 Å². The first kappa shape index (κ1) is 23.2. The highest BCUT2D eigenvalue weighted by Gasteiger charge is 2.44. The van der Waals surface area contributed by atoms with E-state index in [1.165, 1.54) is 12.1 Å². The number of rotatable bonds is 11. The van der Waals surface area contributed by atoms with Gasteiger partial charge in [0, 0.05) is 6.42 Å². The largest absolute Gasteiger partial charge is 0.494 e. The van der Waals surface area contributed by atoms with Gasteiger partial charge in [-0.3, -0.25) is 29.4 Å². The Balaban J connectivity index is 1.43. The Morgan fingerprint density at radius 3 is 2.31 bits per heavy atom. The number of unbranched alkanes of at least 4 members (excludes halogenated alkanes) is 5. The van der Waals surface area contributed by atoms with Gasteiger partial charge in [-0.05, 0) is 37.5 Å². The summed E-state index contributed by atoms with van der Waals surface area (Å²) in [7, 11) is 0. The number of carbonyl (C=O) groups excluding carboxylic acids is 5. The number of nitrogens with two attached hydrogens (primary N) is 1. The molecule has 0 saturated carbocycles. The van der Waals surface area contributed by atoms with E-state index in [1.807, 2.05) is 0 Å². The van der Waals surface area contributed by atoms with Crippen molar-refractivity contribution < 1.29 is 33.4 Å². The summed E-state index contributed by atoms with van der Waals surface area (Å²) in [6.45, 7) is 0.821. The van der Waals surface area contributed by atoms with Gasteiger partial charge in [-0.25, -0.2) is 4.79 Å². The lowest BCUT2D eigenvalue weighted by Gasteiger charge is -2.27. The van der Waals surface area contributed by atoms with Crippen LogP contribution in [-0.2, 0) is 14.3 Å². The minimum atomic E-state index is -0.980. The van der Waals surface area contributed by atoms with Crippen molar-refractivity contribution in [3.63, 3.8) is 0 Å². The maximum atomic E-state index is 12.8. The molecule has 1 aromatic rings. The van der Waals surface area contributed by atoms with Crippen LogP contribution in [0.5, 0.6) is 5.75 Å². The van der Waals surface area contributed by atoms with Gasteiger partial charge >= 0.3 is 6.09 Å². The second kappa shape index (κ2) is 10.7. The van der Waals surface area contributed by atoms with E-state index in [0.29, 0.717) is 19.0 Å². The summed E-state index contributed by atoms with van der Waals surface area (Å²) in [5.41, 5.74) is 5.32. The Bertz CT molecular complexity index is 915. The third-order valence-electron chi connectivity index (χ3n) is 5.46. The van der Waals surface area contributed by atoms with Crippen LogP contribution in [0.15, 0.2) is 18.2 Å².